The highest BCUT2D eigenvalue weighted by molar-refractivity contribution is 14.2. The third kappa shape index (κ3) is 3.17. The highest BCUT2D eigenvalue weighted by Gasteiger charge is 2.40. The second kappa shape index (κ2) is 5.29. The molecule has 1 aliphatic heterocycles. The second-order valence-corrected chi connectivity index (χ2v) is 5.51. The molecule has 0 radical (unpaired) electrons. The highest BCUT2D eigenvalue weighted by atomic mass is 127. The molecular weight excluding hydrogens is 319 g/mol. The van der Waals surface area contributed by atoms with Crippen molar-refractivity contribution in [3.63, 3.8) is 0 Å². The minimum Gasteiger partial charge on any atom is -0.381 e. The SMILES string of the molecule is C=IC(F)(F)C(=O)N(C)C1CCOCC1. The molecule has 0 aromatic heterocycles. The van der Waals surface area contributed by atoms with Crippen LogP contribution in [0.3, 0.4) is 0 Å². The summed E-state index contributed by atoms with van der Waals surface area (Å²) < 4.78 is 31.3. The van der Waals surface area contributed by atoms with Crippen LogP contribution in [0.2, 0.25) is 0 Å². The van der Waals surface area contributed by atoms with Crippen LogP contribution in [0.4, 0.5) is 8.78 Å². The van der Waals surface area contributed by atoms with Gasteiger partial charge in [0.05, 0.1) is 0 Å². The van der Waals surface area contributed by atoms with E-state index in [0.717, 1.165) is 4.90 Å². The predicted molar refractivity (Wildman–Crippen MR) is 62.7 cm³/mol. The minimum absolute atomic E-state index is 0.118. The first-order chi connectivity index (χ1) is 6.99. The fourth-order valence-corrected chi connectivity index (χ4v) is 2.20. The van der Waals surface area contributed by atoms with Gasteiger partial charge in [-0.05, 0) is 33.6 Å². The Hall–Kier alpha value is -0.110. The first kappa shape index (κ1) is 13.0. The third-order valence-electron chi connectivity index (χ3n) is 2.47. The number of halogens is 3. The maximum Gasteiger partial charge on any atom is 0.367 e. The molecule has 1 saturated heterocycles. The van der Waals surface area contributed by atoms with Crippen molar-refractivity contribution in [1.82, 2.24) is 4.90 Å². The number of carbonyl (C=O) groups is 1. The molecule has 15 heavy (non-hydrogen) atoms. The molecule has 0 unspecified atom stereocenters. The normalized spacial score (nSPS) is 18.9. The van der Waals surface area contributed by atoms with Gasteiger partial charge in [-0.3, -0.25) is 4.79 Å². The summed E-state index contributed by atoms with van der Waals surface area (Å²) >= 11 is -1.64. The van der Waals surface area contributed by atoms with E-state index in [9.17, 15) is 13.6 Å². The van der Waals surface area contributed by atoms with Crippen molar-refractivity contribution in [2.45, 2.75) is 22.8 Å². The smallest absolute Gasteiger partial charge is 0.367 e. The van der Waals surface area contributed by atoms with Crippen LogP contribution < -0.4 is 0 Å². The minimum atomic E-state index is -3.23. The molecule has 1 rings (SSSR count). The van der Waals surface area contributed by atoms with Gasteiger partial charge in [-0.15, -0.1) is 0 Å². The Balaban J connectivity index is 2.62. The zero-order valence-corrected chi connectivity index (χ0v) is 10.7. The van der Waals surface area contributed by atoms with Gasteiger partial charge in [0.2, 0.25) is 0 Å². The topological polar surface area (TPSA) is 29.5 Å². The van der Waals surface area contributed by atoms with Crippen LogP contribution >= 0.6 is 20.7 Å². The fourth-order valence-electron chi connectivity index (χ4n) is 1.50. The van der Waals surface area contributed by atoms with Gasteiger partial charge in [0.15, 0.2) is 0 Å². The maximum atomic E-state index is 13.1. The van der Waals surface area contributed by atoms with Crippen molar-refractivity contribution in [3.8, 4) is 0 Å². The molecule has 0 bridgehead atoms. The third-order valence-corrected chi connectivity index (χ3v) is 3.89. The van der Waals surface area contributed by atoms with E-state index in [-0.39, 0.29) is 6.04 Å². The molecule has 88 valence electrons. The molecule has 6 heteroatoms. The number of amides is 1. The molecule has 0 spiro atoms. The van der Waals surface area contributed by atoms with E-state index in [1.807, 2.05) is 0 Å². The van der Waals surface area contributed by atoms with Gasteiger partial charge in [-0.1, -0.05) is 4.51 Å². The second-order valence-electron chi connectivity index (χ2n) is 3.39. The van der Waals surface area contributed by atoms with Crippen LogP contribution in [0.15, 0.2) is 0 Å². The molecule has 1 amide bonds. The molecule has 0 aromatic carbocycles. The van der Waals surface area contributed by atoms with E-state index in [1.54, 1.807) is 0 Å². The first-order valence-corrected chi connectivity index (χ1v) is 7.22. The maximum absolute atomic E-state index is 13.1. The predicted octanol–water partition coefficient (Wildman–Crippen LogP) is 1.62. The van der Waals surface area contributed by atoms with E-state index in [2.05, 4.69) is 4.51 Å². The van der Waals surface area contributed by atoms with Crippen LogP contribution in [0, 0.1) is 0 Å². The van der Waals surface area contributed by atoms with Crippen LogP contribution in [0.1, 0.15) is 12.8 Å². The summed E-state index contributed by atoms with van der Waals surface area (Å²) in [5, 5.41) is 0. The molecule has 0 atom stereocenters. The molecule has 0 N–H and O–H groups in total. The van der Waals surface area contributed by atoms with Gasteiger partial charge in [0.25, 0.3) is 0 Å². The van der Waals surface area contributed by atoms with Crippen molar-refractivity contribution in [3.05, 3.63) is 0 Å². The molecule has 3 nitrogen and oxygen atoms in total. The van der Waals surface area contributed by atoms with Gasteiger partial charge in [0.1, 0.15) is 0 Å². The van der Waals surface area contributed by atoms with Gasteiger partial charge < -0.3 is 9.64 Å². The molecule has 0 saturated carbocycles. The average molecular weight is 333 g/mol. The Labute approximate surface area is 97.5 Å². The number of carbonyl (C=O) groups excluding carboxylic acids is 1. The van der Waals surface area contributed by atoms with E-state index in [4.69, 9.17) is 4.74 Å². The Bertz CT molecular complexity index is 254. The average Bonchev–Trinajstić information content (AvgIpc) is 2.28. The lowest BCUT2D eigenvalue weighted by Gasteiger charge is -2.32. The standard InChI is InChI=1S/C9H14F2INO2/c1-12-9(10,11)8(14)13(2)7-3-5-15-6-4-7/h7H,1,3-6H2,2H3. The van der Waals surface area contributed by atoms with Crippen LogP contribution in [-0.2, 0) is 9.53 Å². The molecular formula is C9H14F2INO2. The van der Waals surface area contributed by atoms with Gasteiger partial charge in [0, 0.05) is 26.3 Å². The van der Waals surface area contributed by atoms with E-state index in [1.165, 1.54) is 7.05 Å². The molecule has 1 aliphatic rings. The van der Waals surface area contributed by atoms with Crippen LogP contribution in [0.5, 0.6) is 0 Å². The lowest BCUT2D eigenvalue weighted by Crippen LogP contribution is -2.46. The Morgan fingerprint density at radius 2 is 2.07 bits per heavy atom. The van der Waals surface area contributed by atoms with E-state index >= 15 is 0 Å². The van der Waals surface area contributed by atoms with Crippen LogP contribution in [0.25, 0.3) is 0 Å². The Kier molecular flexibility index (Phi) is 4.57. The van der Waals surface area contributed by atoms with E-state index in [0.29, 0.717) is 26.1 Å². The van der Waals surface area contributed by atoms with Gasteiger partial charge in [-0.25, -0.2) is 0 Å². The van der Waals surface area contributed by atoms with Gasteiger partial charge in [-0.2, -0.15) is 8.78 Å². The van der Waals surface area contributed by atoms with Crippen molar-refractivity contribution >= 4 is 31.2 Å². The Morgan fingerprint density at radius 1 is 1.53 bits per heavy atom. The number of ether oxygens (including phenoxy) is 1. The zero-order valence-electron chi connectivity index (χ0n) is 8.51. The lowest BCUT2D eigenvalue weighted by molar-refractivity contribution is -0.146. The highest BCUT2D eigenvalue weighted by Crippen LogP contribution is 2.30. The summed E-state index contributed by atoms with van der Waals surface area (Å²) in [7, 11) is 1.44. The summed E-state index contributed by atoms with van der Waals surface area (Å²) in [5.41, 5.74) is 0. The van der Waals surface area contributed by atoms with E-state index < -0.39 is 30.6 Å². The summed E-state index contributed by atoms with van der Waals surface area (Å²) in [6, 6.07) is -0.118. The number of nitrogens with zero attached hydrogens (tertiary/aromatic N) is 1. The molecule has 1 heterocycles. The monoisotopic (exact) mass is 333 g/mol. The summed E-state index contributed by atoms with van der Waals surface area (Å²) in [5.74, 6) is -1.09. The number of rotatable bonds is 3. The summed E-state index contributed by atoms with van der Waals surface area (Å²) in [6.07, 6.45) is 1.27. The first-order valence-electron chi connectivity index (χ1n) is 4.61. The van der Waals surface area contributed by atoms with Gasteiger partial charge >= 0.3 is 9.84 Å². The number of hydrogen-bond donors (Lipinski definition) is 0. The molecule has 1 fully saturated rings. The Morgan fingerprint density at radius 3 is 2.53 bits per heavy atom. The molecule has 0 aromatic rings. The summed E-state index contributed by atoms with van der Waals surface area (Å²) in [6.45, 7) is 1.07. The summed E-state index contributed by atoms with van der Waals surface area (Å²) in [4.78, 5) is 12.6. The number of hydrogen-bond acceptors (Lipinski definition) is 2. The van der Waals surface area contributed by atoms with Crippen LogP contribution in [-0.4, -0.2) is 45.6 Å². The quantitative estimate of drug-likeness (QED) is 0.580. The molecule has 0 aliphatic carbocycles. The fraction of sp³-hybridized carbons (Fsp3) is 0.778. The van der Waals surface area contributed by atoms with Crippen molar-refractivity contribution in [1.29, 1.82) is 0 Å². The van der Waals surface area contributed by atoms with Crippen molar-refractivity contribution in [2.75, 3.05) is 20.3 Å². The van der Waals surface area contributed by atoms with Crippen molar-refractivity contribution in [2.24, 2.45) is 0 Å². The lowest BCUT2D eigenvalue weighted by atomic mass is 10.1. The zero-order chi connectivity index (χ0) is 11.5. The van der Waals surface area contributed by atoms with Crippen molar-refractivity contribution < 1.29 is 18.3 Å². The largest absolute Gasteiger partial charge is 0.381 e. The number of alkyl halides is 3.